The molecule has 0 fully saturated rings. The Morgan fingerprint density at radius 1 is 1.19 bits per heavy atom. The van der Waals surface area contributed by atoms with Crippen LogP contribution in [0.5, 0.6) is 0 Å². The number of aromatic amines is 1. The smallest absolute Gasteiger partial charge is 0.256 e. The van der Waals surface area contributed by atoms with Crippen molar-refractivity contribution in [3.05, 3.63) is 53.7 Å². The van der Waals surface area contributed by atoms with Gasteiger partial charge in [0.2, 0.25) is 10.0 Å². The van der Waals surface area contributed by atoms with Crippen LogP contribution < -0.4 is 5.32 Å². The van der Waals surface area contributed by atoms with E-state index in [1.54, 1.807) is 39.1 Å². The van der Waals surface area contributed by atoms with Gasteiger partial charge in [0.25, 0.3) is 5.91 Å². The Hall–Kier alpha value is -2.71. The lowest BCUT2D eigenvalue weighted by Gasteiger charge is -2.19. The minimum Gasteiger partial charge on any atom is -0.320 e. The molecule has 0 radical (unpaired) electrons. The summed E-state index contributed by atoms with van der Waals surface area (Å²) in [5.74, 6) is -0.369. The van der Waals surface area contributed by atoms with Crippen LogP contribution in [0.4, 0.5) is 5.69 Å². The van der Waals surface area contributed by atoms with Gasteiger partial charge in [-0.3, -0.25) is 9.89 Å². The average molecular weight is 386 g/mol. The number of hydrogen-bond acceptors (Lipinski definition) is 4. The van der Waals surface area contributed by atoms with Gasteiger partial charge in [-0.25, -0.2) is 8.42 Å². The maximum atomic E-state index is 12.8. The molecule has 1 amide bonds. The second kappa shape index (κ2) is 7.50. The van der Waals surface area contributed by atoms with E-state index >= 15 is 0 Å². The fourth-order valence-electron chi connectivity index (χ4n) is 2.98. The van der Waals surface area contributed by atoms with Gasteiger partial charge in [0.15, 0.2) is 0 Å². The molecule has 3 aromatic rings. The number of nitrogens with zero attached hydrogens (tertiary/aromatic N) is 2. The number of carbonyl (C=O) groups is 1. The van der Waals surface area contributed by atoms with Crippen molar-refractivity contribution < 1.29 is 13.2 Å². The second-order valence-electron chi connectivity index (χ2n) is 6.16. The molecule has 0 aliphatic rings. The van der Waals surface area contributed by atoms with Crippen LogP contribution in [0.25, 0.3) is 10.9 Å². The fourth-order valence-corrected chi connectivity index (χ4v) is 4.47. The van der Waals surface area contributed by atoms with Gasteiger partial charge in [0, 0.05) is 24.0 Å². The van der Waals surface area contributed by atoms with Gasteiger partial charge < -0.3 is 5.32 Å². The molecule has 7 nitrogen and oxygen atoms in total. The molecule has 0 bridgehead atoms. The lowest BCUT2D eigenvalue weighted by atomic mass is 10.1. The molecule has 0 saturated heterocycles. The molecule has 1 aromatic heterocycles. The summed E-state index contributed by atoms with van der Waals surface area (Å²) in [6, 6.07) is 10.1. The third-order valence-electron chi connectivity index (χ3n) is 4.52. The summed E-state index contributed by atoms with van der Waals surface area (Å²) in [7, 11) is -3.64. The van der Waals surface area contributed by atoms with Crippen LogP contribution in [-0.2, 0) is 10.0 Å². The number of rotatable bonds is 6. The number of aromatic nitrogens is 2. The Labute approximate surface area is 158 Å². The number of fused-ring (bicyclic) bond motifs is 1. The molecule has 0 atom stereocenters. The molecule has 1 heterocycles. The number of sulfonamides is 1. The van der Waals surface area contributed by atoms with Crippen molar-refractivity contribution in [1.29, 1.82) is 0 Å². The highest BCUT2D eigenvalue weighted by molar-refractivity contribution is 7.89. The molecule has 2 N–H and O–H groups in total. The van der Waals surface area contributed by atoms with E-state index in [2.05, 4.69) is 15.5 Å². The van der Waals surface area contributed by atoms with Crippen LogP contribution in [-0.4, -0.2) is 41.9 Å². The Kier molecular flexibility index (Phi) is 5.29. The van der Waals surface area contributed by atoms with Crippen LogP contribution in [0.1, 0.15) is 29.8 Å². The third-order valence-corrected chi connectivity index (χ3v) is 6.57. The Balaban J connectivity index is 1.97. The molecule has 0 unspecified atom stereocenters. The van der Waals surface area contributed by atoms with E-state index in [0.29, 0.717) is 29.9 Å². The quantitative estimate of drug-likeness (QED) is 0.680. The largest absolute Gasteiger partial charge is 0.320 e. The predicted molar refractivity (Wildman–Crippen MR) is 105 cm³/mol. The molecule has 142 valence electrons. The number of hydrogen-bond donors (Lipinski definition) is 2. The van der Waals surface area contributed by atoms with Gasteiger partial charge in [-0.2, -0.15) is 9.40 Å². The lowest BCUT2D eigenvalue weighted by Crippen LogP contribution is -2.30. The van der Waals surface area contributed by atoms with Gasteiger partial charge in [0.05, 0.1) is 22.3 Å². The first-order chi connectivity index (χ1) is 12.9. The van der Waals surface area contributed by atoms with Crippen molar-refractivity contribution in [2.75, 3.05) is 18.4 Å². The number of aryl methyl sites for hydroxylation is 1. The topological polar surface area (TPSA) is 95.2 Å². The number of anilines is 1. The van der Waals surface area contributed by atoms with Crippen molar-refractivity contribution in [2.45, 2.75) is 25.7 Å². The van der Waals surface area contributed by atoms with Crippen molar-refractivity contribution >= 4 is 32.5 Å². The van der Waals surface area contributed by atoms with E-state index in [-0.39, 0.29) is 10.8 Å². The van der Waals surface area contributed by atoms with Crippen LogP contribution in [0, 0.1) is 6.92 Å². The summed E-state index contributed by atoms with van der Waals surface area (Å²) in [4.78, 5) is 12.9. The molecule has 27 heavy (non-hydrogen) atoms. The number of nitrogens with one attached hydrogen (secondary N) is 2. The molecule has 8 heteroatoms. The predicted octanol–water partition coefficient (Wildman–Crippen LogP) is 3.15. The van der Waals surface area contributed by atoms with Gasteiger partial charge in [-0.1, -0.05) is 32.0 Å². The summed E-state index contributed by atoms with van der Waals surface area (Å²) in [5, 5.41) is 10.6. The standard InChI is InChI=1S/C19H22N4O3S/c1-4-23(5-2)27(25,26)15-10-9-13(3)16(11-15)19(24)21-17-8-6-7-14-12-20-22-18(14)17/h6-12H,4-5H2,1-3H3,(H,20,22)(H,21,24). The summed E-state index contributed by atoms with van der Waals surface area (Å²) in [6.45, 7) is 6.09. The van der Waals surface area contributed by atoms with E-state index in [9.17, 15) is 13.2 Å². The zero-order valence-corrected chi connectivity index (χ0v) is 16.3. The number of carbonyl (C=O) groups excluding carboxylic acids is 1. The van der Waals surface area contributed by atoms with E-state index in [1.165, 1.54) is 16.4 Å². The highest BCUT2D eigenvalue weighted by Crippen LogP contribution is 2.23. The van der Waals surface area contributed by atoms with Gasteiger partial charge >= 0.3 is 0 Å². The van der Waals surface area contributed by atoms with Crippen molar-refractivity contribution in [2.24, 2.45) is 0 Å². The summed E-state index contributed by atoms with van der Waals surface area (Å²) in [6.07, 6.45) is 1.67. The van der Waals surface area contributed by atoms with E-state index in [1.807, 2.05) is 12.1 Å². The summed E-state index contributed by atoms with van der Waals surface area (Å²) in [5.41, 5.74) is 2.32. The molecule has 2 aromatic carbocycles. The first kappa shape index (κ1) is 19.1. The van der Waals surface area contributed by atoms with E-state index < -0.39 is 10.0 Å². The molecule has 3 rings (SSSR count). The van der Waals surface area contributed by atoms with Crippen LogP contribution >= 0.6 is 0 Å². The van der Waals surface area contributed by atoms with E-state index in [0.717, 1.165) is 10.9 Å². The monoisotopic (exact) mass is 386 g/mol. The SMILES string of the molecule is CCN(CC)S(=O)(=O)c1ccc(C)c(C(=O)Nc2cccc3cn[nH]c23)c1. The number of para-hydroxylation sites is 1. The van der Waals surface area contributed by atoms with Gasteiger partial charge in [0.1, 0.15) is 0 Å². The first-order valence-electron chi connectivity index (χ1n) is 8.72. The van der Waals surface area contributed by atoms with Crippen LogP contribution in [0.3, 0.4) is 0 Å². The molecule has 0 saturated carbocycles. The van der Waals surface area contributed by atoms with Crippen LogP contribution in [0.2, 0.25) is 0 Å². The number of H-pyrrole nitrogens is 1. The van der Waals surface area contributed by atoms with Crippen molar-refractivity contribution in [3.8, 4) is 0 Å². The number of benzene rings is 2. The number of amides is 1. The van der Waals surface area contributed by atoms with Crippen molar-refractivity contribution in [1.82, 2.24) is 14.5 Å². The fraction of sp³-hybridized carbons (Fsp3) is 0.263. The zero-order valence-electron chi connectivity index (χ0n) is 15.5. The Morgan fingerprint density at radius 2 is 1.93 bits per heavy atom. The minimum atomic E-state index is -3.64. The first-order valence-corrected chi connectivity index (χ1v) is 10.2. The highest BCUT2D eigenvalue weighted by atomic mass is 32.2. The van der Waals surface area contributed by atoms with E-state index in [4.69, 9.17) is 0 Å². The third kappa shape index (κ3) is 3.58. The zero-order chi connectivity index (χ0) is 19.6. The second-order valence-corrected chi connectivity index (χ2v) is 8.10. The molecule has 0 spiro atoms. The summed E-state index contributed by atoms with van der Waals surface area (Å²) < 4.78 is 26.9. The molecule has 0 aliphatic carbocycles. The molecular formula is C19H22N4O3S. The molecule has 0 aliphatic heterocycles. The minimum absolute atomic E-state index is 0.113. The maximum absolute atomic E-state index is 12.8. The van der Waals surface area contributed by atoms with Gasteiger partial charge in [-0.05, 0) is 30.7 Å². The normalized spacial score (nSPS) is 11.9. The average Bonchev–Trinajstić information content (AvgIpc) is 3.12. The maximum Gasteiger partial charge on any atom is 0.256 e. The Bertz CT molecular complexity index is 1090. The van der Waals surface area contributed by atoms with Crippen LogP contribution in [0.15, 0.2) is 47.5 Å². The van der Waals surface area contributed by atoms with Crippen molar-refractivity contribution in [3.63, 3.8) is 0 Å². The Morgan fingerprint density at radius 3 is 2.63 bits per heavy atom. The highest BCUT2D eigenvalue weighted by Gasteiger charge is 2.23. The molecular weight excluding hydrogens is 364 g/mol. The lowest BCUT2D eigenvalue weighted by molar-refractivity contribution is 0.102. The summed E-state index contributed by atoms with van der Waals surface area (Å²) >= 11 is 0. The van der Waals surface area contributed by atoms with Gasteiger partial charge in [-0.15, -0.1) is 0 Å².